The highest BCUT2D eigenvalue weighted by molar-refractivity contribution is 6.31. The van der Waals surface area contributed by atoms with Crippen molar-refractivity contribution in [3.63, 3.8) is 0 Å². The molecule has 4 nitrogen and oxygen atoms in total. The van der Waals surface area contributed by atoms with Crippen molar-refractivity contribution in [2.45, 2.75) is 82.8 Å². The van der Waals surface area contributed by atoms with Gasteiger partial charge in [0.2, 0.25) is 0 Å². The highest BCUT2D eigenvalue weighted by atomic mass is 35.5. The normalized spacial score (nSPS) is 17.7. The zero-order valence-corrected chi connectivity index (χ0v) is 18.3. The van der Waals surface area contributed by atoms with Crippen molar-refractivity contribution in [3.8, 4) is 6.07 Å². The maximum Gasteiger partial charge on any atom is 0.417 e. The summed E-state index contributed by atoms with van der Waals surface area (Å²) in [5.41, 5.74) is -1.08. The predicted molar refractivity (Wildman–Crippen MR) is 116 cm³/mol. The first kappa shape index (κ1) is 25.1. The molecule has 2 N–H and O–H groups in total. The third kappa shape index (κ3) is 8.82. The second kappa shape index (κ2) is 12.6. The van der Waals surface area contributed by atoms with Crippen molar-refractivity contribution in [1.29, 1.82) is 5.26 Å². The lowest BCUT2D eigenvalue weighted by atomic mass is 9.98. The Labute approximate surface area is 186 Å². The van der Waals surface area contributed by atoms with Crippen LogP contribution in [-0.2, 0) is 11.0 Å². The van der Waals surface area contributed by atoms with Gasteiger partial charge in [-0.2, -0.15) is 18.4 Å². The van der Waals surface area contributed by atoms with Gasteiger partial charge in [-0.15, -0.1) is 0 Å². The number of carbonyl (C=O) groups excluding carboxylic acids is 1. The average molecular weight is 456 g/mol. The van der Waals surface area contributed by atoms with Crippen LogP contribution in [0.4, 0.5) is 18.9 Å². The van der Waals surface area contributed by atoms with E-state index in [1.165, 1.54) is 38.2 Å². The number of nitrogens with zero attached hydrogens (tertiary/aromatic N) is 1. The Bertz CT molecular complexity index is 790. The minimum absolute atomic E-state index is 0.00367. The molecule has 2 rings (SSSR count). The zero-order chi connectivity index (χ0) is 22.7. The summed E-state index contributed by atoms with van der Waals surface area (Å²) in [6.07, 6.45) is 8.80. The lowest BCUT2D eigenvalue weighted by Crippen LogP contribution is -2.35. The molecule has 1 aliphatic rings. The fourth-order valence-corrected chi connectivity index (χ4v) is 3.93. The molecule has 1 saturated carbocycles. The van der Waals surface area contributed by atoms with E-state index >= 15 is 0 Å². The van der Waals surface area contributed by atoms with Gasteiger partial charge in [-0.25, -0.2) is 0 Å². The van der Waals surface area contributed by atoms with Gasteiger partial charge < -0.3 is 10.6 Å². The first-order valence-electron chi connectivity index (χ1n) is 10.9. The summed E-state index contributed by atoms with van der Waals surface area (Å²) in [7, 11) is 0. The molecule has 0 atom stereocenters. The van der Waals surface area contributed by atoms with Crippen molar-refractivity contribution in [1.82, 2.24) is 5.32 Å². The lowest BCUT2D eigenvalue weighted by Gasteiger charge is -2.19. The van der Waals surface area contributed by atoms with Gasteiger partial charge in [0.25, 0.3) is 5.91 Å². The monoisotopic (exact) mass is 455 g/mol. The molecule has 1 fully saturated rings. The third-order valence-electron chi connectivity index (χ3n) is 5.46. The SMILES string of the molecule is N#C/C(=C/Nc1ccc(Cl)c(C(F)(F)F)c1)C(=O)NC1CCCCCCCCCCC1. The Hall–Kier alpha value is -2.20. The van der Waals surface area contributed by atoms with Crippen LogP contribution in [0.3, 0.4) is 0 Å². The number of carbonyl (C=O) groups is 1. The van der Waals surface area contributed by atoms with Crippen LogP contribution in [0.5, 0.6) is 0 Å². The highest BCUT2D eigenvalue weighted by Crippen LogP contribution is 2.36. The molecule has 0 unspecified atom stereocenters. The second-order valence-electron chi connectivity index (χ2n) is 7.94. The number of rotatable bonds is 4. The molecule has 0 aliphatic heterocycles. The number of anilines is 1. The lowest BCUT2D eigenvalue weighted by molar-refractivity contribution is -0.137. The standard InChI is InChI=1S/C23H29ClF3N3O/c24-21-13-12-19(14-20(21)23(25,26)27)29-16-17(15-28)22(31)30-18-10-8-6-4-2-1-3-5-7-9-11-18/h12-14,16,18,29H,1-11H2,(H,30,31)/b17-16-. The first-order valence-corrected chi connectivity index (χ1v) is 11.2. The van der Waals surface area contributed by atoms with Gasteiger partial charge >= 0.3 is 6.18 Å². The number of benzene rings is 1. The molecule has 0 radical (unpaired) electrons. The average Bonchev–Trinajstić information content (AvgIpc) is 2.70. The molecule has 0 spiro atoms. The van der Waals surface area contributed by atoms with Crippen molar-refractivity contribution in [3.05, 3.63) is 40.6 Å². The molecule has 1 aromatic carbocycles. The van der Waals surface area contributed by atoms with Gasteiger partial charge in [0.15, 0.2) is 0 Å². The molecule has 0 saturated heterocycles. The molecular formula is C23H29ClF3N3O. The molecular weight excluding hydrogens is 427 g/mol. The fourth-order valence-electron chi connectivity index (χ4n) is 3.71. The van der Waals surface area contributed by atoms with Crippen molar-refractivity contribution in [2.75, 3.05) is 5.32 Å². The number of nitriles is 1. The number of nitrogens with one attached hydrogen (secondary N) is 2. The van der Waals surface area contributed by atoms with Gasteiger partial charge in [0.05, 0.1) is 10.6 Å². The summed E-state index contributed by atoms with van der Waals surface area (Å²) in [4.78, 5) is 12.6. The van der Waals surface area contributed by atoms with Gasteiger partial charge in [-0.05, 0) is 31.0 Å². The van der Waals surface area contributed by atoms with Gasteiger partial charge in [0.1, 0.15) is 11.6 Å². The quantitative estimate of drug-likeness (QED) is 0.380. The van der Waals surface area contributed by atoms with Crippen molar-refractivity contribution >= 4 is 23.2 Å². The van der Waals surface area contributed by atoms with E-state index in [9.17, 15) is 23.2 Å². The van der Waals surface area contributed by atoms with Gasteiger partial charge in [-0.3, -0.25) is 4.79 Å². The summed E-state index contributed by atoms with van der Waals surface area (Å²) < 4.78 is 39.0. The predicted octanol–water partition coefficient (Wildman–Crippen LogP) is 6.97. The largest absolute Gasteiger partial charge is 0.417 e. The Morgan fingerprint density at radius 3 is 2.10 bits per heavy atom. The van der Waals surface area contributed by atoms with Gasteiger partial charge in [0, 0.05) is 17.9 Å². The maximum absolute atomic E-state index is 13.0. The van der Waals surface area contributed by atoms with Crippen LogP contribution in [0.1, 0.15) is 76.2 Å². The van der Waals surface area contributed by atoms with Crippen LogP contribution in [0.2, 0.25) is 5.02 Å². The highest BCUT2D eigenvalue weighted by Gasteiger charge is 2.33. The second-order valence-corrected chi connectivity index (χ2v) is 8.34. The number of amides is 1. The zero-order valence-electron chi connectivity index (χ0n) is 17.5. The van der Waals surface area contributed by atoms with E-state index in [1.54, 1.807) is 0 Å². The summed E-state index contributed by atoms with van der Waals surface area (Å²) in [6, 6.07) is 5.14. The van der Waals surface area contributed by atoms with Crippen LogP contribution in [0.15, 0.2) is 30.0 Å². The van der Waals surface area contributed by atoms with E-state index in [2.05, 4.69) is 10.6 Å². The van der Waals surface area contributed by atoms with E-state index in [-0.39, 0.29) is 17.3 Å². The van der Waals surface area contributed by atoms with Crippen LogP contribution in [0.25, 0.3) is 0 Å². The molecule has 1 amide bonds. The molecule has 0 heterocycles. The number of alkyl halides is 3. The van der Waals surface area contributed by atoms with E-state index in [0.29, 0.717) is 0 Å². The minimum atomic E-state index is -4.60. The smallest absolute Gasteiger partial charge is 0.360 e. The summed E-state index contributed by atoms with van der Waals surface area (Å²) in [6.45, 7) is 0. The fraction of sp³-hybridized carbons (Fsp3) is 0.565. The van der Waals surface area contributed by atoms with Gasteiger partial charge in [-0.1, -0.05) is 69.4 Å². The molecule has 0 bridgehead atoms. The molecule has 31 heavy (non-hydrogen) atoms. The van der Waals surface area contributed by atoms with Crippen molar-refractivity contribution < 1.29 is 18.0 Å². The van der Waals surface area contributed by atoms with Crippen LogP contribution >= 0.6 is 11.6 Å². The summed E-state index contributed by atoms with van der Waals surface area (Å²) in [5, 5.41) is 14.5. The molecule has 1 aliphatic carbocycles. The van der Waals surface area contributed by atoms with E-state index < -0.39 is 22.7 Å². The molecule has 170 valence electrons. The van der Waals surface area contributed by atoms with Crippen molar-refractivity contribution in [2.24, 2.45) is 0 Å². The van der Waals surface area contributed by atoms with E-state index in [0.717, 1.165) is 56.9 Å². The van der Waals surface area contributed by atoms with E-state index in [1.807, 2.05) is 6.07 Å². The minimum Gasteiger partial charge on any atom is -0.360 e. The Morgan fingerprint density at radius 1 is 1.03 bits per heavy atom. The van der Waals surface area contributed by atoms with Crippen LogP contribution < -0.4 is 10.6 Å². The number of halogens is 4. The Morgan fingerprint density at radius 2 is 1.58 bits per heavy atom. The molecule has 0 aromatic heterocycles. The summed E-state index contributed by atoms with van der Waals surface area (Å²) >= 11 is 5.62. The van der Waals surface area contributed by atoms with Crippen LogP contribution in [-0.4, -0.2) is 11.9 Å². The first-order chi connectivity index (χ1) is 14.8. The number of hydrogen-bond donors (Lipinski definition) is 2. The molecule has 8 heteroatoms. The Balaban J connectivity index is 2.01. The summed E-state index contributed by atoms with van der Waals surface area (Å²) in [5.74, 6) is -0.517. The van der Waals surface area contributed by atoms with Crippen LogP contribution in [0, 0.1) is 11.3 Å². The molecule has 1 aromatic rings. The maximum atomic E-state index is 13.0. The Kier molecular flexibility index (Phi) is 10.2. The third-order valence-corrected chi connectivity index (χ3v) is 5.79. The topological polar surface area (TPSA) is 64.9 Å². The van der Waals surface area contributed by atoms with E-state index in [4.69, 9.17) is 11.6 Å². The number of hydrogen-bond acceptors (Lipinski definition) is 3.